The van der Waals surface area contributed by atoms with Crippen molar-refractivity contribution in [2.75, 3.05) is 0 Å². The van der Waals surface area contributed by atoms with Gasteiger partial charge in [0.15, 0.2) is 0 Å². The maximum atomic E-state index is 14.1. The molecule has 0 atom stereocenters. The predicted octanol–water partition coefficient (Wildman–Crippen LogP) is 4.15. The van der Waals surface area contributed by atoms with Crippen molar-refractivity contribution in [2.24, 2.45) is 0 Å². The molecule has 2 aromatic carbocycles. The summed E-state index contributed by atoms with van der Waals surface area (Å²) in [5, 5.41) is 3.10. The standard InChI is InChI=1S/C18H14BrF2N2O4P/c19-14-8-12-6-7-15(17(24)22-10-11-4-2-1-3-5-11)23-16(12)9-13(14)18(20,21)28(25,26)27/h1-9H,10H2,(H,22,24)(H2,25,26,27). The Morgan fingerprint density at radius 3 is 2.46 bits per heavy atom. The van der Waals surface area contributed by atoms with Gasteiger partial charge in [-0.25, -0.2) is 4.98 Å². The lowest BCUT2D eigenvalue weighted by Crippen LogP contribution is -2.23. The number of amides is 1. The number of carbonyl (C=O) groups excluding carboxylic acids is 1. The van der Waals surface area contributed by atoms with Gasteiger partial charge in [0.1, 0.15) is 5.69 Å². The maximum absolute atomic E-state index is 14.1. The highest BCUT2D eigenvalue weighted by Gasteiger charge is 2.51. The minimum absolute atomic E-state index is 0.00352. The first-order valence-corrected chi connectivity index (χ1v) is 10.4. The lowest BCUT2D eigenvalue weighted by Gasteiger charge is -2.19. The molecule has 0 bridgehead atoms. The van der Waals surface area contributed by atoms with E-state index in [1.165, 1.54) is 18.2 Å². The van der Waals surface area contributed by atoms with E-state index in [4.69, 9.17) is 9.79 Å². The van der Waals surface area contributed by atoms with Crippen molar-refractivity contribution in [1.82, 2.24) is 10.3 Å². The van der Waals surface area contributed by atoms with Gasteiger partial charge in [0, 0.05) is 22.0 Å². The van der Waals surface area contributed by atoms with E-state index < -0.39 is 24.7 Å². The number of nitrogens with zero attached hydrogens (tertiary/aromatic N) is 1. The SMILES string of the molecule is O=C(NCc1ccccc1)c1ccc2cc(Br)c(C(F)(F)P(=O)(O)O)cc2n1. The first-order chi connectivity index (χ1) is 13.1. The fourth-order valence-corrected chi connectivity index (χ4v) is 3.79. The average molecular weight is 471 g/mol. The lowest BCUT2D eigenvalue weighted by atomic mass is 10.1. The molecule has 10 heteroatoms. The van der Waals surface area contributed by atoms with Crippen molar-refractivity contribution < 1.29 is 27.9 Å². The predicted molar refractivity (Wildman–Crippen MR) is 103 cm³/mol. The molecule has 6 nitrogen and oxygen atoms in total. The molecule has 1 amide bonds. The Hall–Kier alpha value is -2.19. The highest BCUT2D eigenvalue weighted by atomic mass is 79.9. The molecular formula is C18H14BrF2N2O4P. The zero-order valence-corrected chi connectivity index (χ0v) is 16.6. The van der Waals surface area contributed by atoms with Crippen LogP contribution in [0.15, 0.2) is 59.1 Å². The molecule has 0 unspecified atom stereocenters. The number of fused-ring (bicyclic) bond motifs is 1. The second-order valence-electron chi connectivity index (χ2n) is 5.97. The molecule has 0 fully saturated rings. The van der Waals surface area contributed by atoms with Crippen LogP contribution < -0.4 is 5.32 Å². The number of alkyl halides is 2. The van der Waals surface area contributed by atoms with E-state index in [1.54, 1.807) is 0 Å². The number of nitrogens with one attached hydrogen (secondary N) is 1. The van der Waals surface area contributed by atoms with Crippen molar-refractivity contribution >= 4 is 40.3 Å². The number of hydrogen-bond donors (Lipinski definition) is 3. The fraction of sp³-hybridized carbons (Fsp3) is 0.111. The van der Waals surface area contributed by atoms with E-state index in [2.05, 4.69) is 26.2 Å². The van der Waals surface area contributed by atoms with Crippen molar-refractivity contribution in [2.45, 2.75) is 12.2 Å². The number of carbonyl (C=O) groups is 1. The Morgan fingerprint density at radius 1 is 1.14 bits per heavy atom. The molecule has 3 N–H and O–H groups in total. The third-order valence-corrected chi connectivity index (χ3v) is 5.63. The normalized spacial score (nSPS) is 12.2. The number of aromatic nitrogens is 1. The van der Waals surface area contributed by atoms with Gasteiger partial charge in [0.2, 0.25) is 0 Å². The van der Waals surface area contributed by atoms with Gasteiger partial charge in [-0.15, -0.1) is 0 Å². The monoisotopic (exact) mass is 470 g/mol. The molecule has 146 valence electrons. The van der Waals surface area contributed by atoms with Gasteiger partial charge < -0.3 is 15.1 Å². The van der Waals surface area contributed by atoms with Crippen LogP contribution in [0.4, 0.5) is 8.78 Å². The Morgan fingerprint density at radius 2 is 1.82 bits per heavy atom. The topological polar surface area (TPSA) is 99.5 Å². The van der Waals surface area contributed by atoms with E-state index in [1.807, 2.05) is 30.3 Å². The average Bonchev–Trinajstić information content (AvgIpc) is 2.65. The third kappa shape index (κ3) is 4.12. The summed E-state index contributed by atoms with van der Waals surface area (Å²) in [7, 11) is -5.74. The minimum Gasteiger partial charge on any atom is -0.347 e. The first kappa shape index (κ1) is 20.5. The Labute approximate surface area is 166 Å². The van der Waals surface area contributed by atoms with E-state index in [-0.39, 0.29) is 22.2 Å². The summed E-state index contributed by atoms with van der Waals surface area (Å²) < 4.78 is 39.2. The molecule has 0 aliphatic rings. The highest BCUT2D eigenvalue weighted by Crippen LogP contribution is 2.60. The van der Waals surface area contributed by atoms with Gasteiger partial charge in [0.25, 0.3) is 5.91 Å². The van der Waals surface area contributed by atoms with Gasteiger partial charge >= 0.3 is 13.3 Å². The van der Waals surface area contributed by atoms with Crippen LogP contribution in [0.1, 0.15) is 21.6 Å². The number of hydrogen-bond acceptors (Lipinski definition) is 3. The molecule has 0 radical (unpaired) electrons. The van der Waals surface area contributed by atoms with Gasteiger partial charge in [-0.2, -0.15) is 8.78 Å². The first-order valence-electron chi connectivity index (χ1n) is 7.96. The van der Waals surface area contributed by atoms with Crippen LogP contribution in [0, 0.1) is 0 Å². The van der Waals surface area contributed by atoms with E-state index in [9.17, 15) is 18.1 Å². The van der Waals surface area contributed by atoms with Crippen LogP contribution in [-0.2, 0) is 16.8 Å². The molecule has 0 saturated carbocycles. The quantitative estimate of drug-likeness (QED) is 0.486. The summed E-state index contributed by atoms with van der Waals surface area (Å²) in [6, 6.07) is 14.3. The molecule has 0 saturated heterocycles. The molecule has 1 aromatic heterocycles. The third-order valence-electron chi connectivity index (χ3n) is 4.00. The van der Waals surface area contributed by atoms with Gasteiger partial charge in [-0.05, 0) is 23.8 Å². The molecule has 0 aliphatic heterocycles. The zero-order chi connectivity index (χ0) is 20.5. The van der Waals surface area contributed by atoms with Crippen molar-refractivity contribution in [3.8, 4) is 0 Å². The van der Waals surface area contributed by atoms with Crippen LogP contribution in [-0.4, -0.2) is 20.7 Å². The Bertz CT molecular complexity index is 1090. The van der Waals surface area contributed by atoms with Crippen molar-refractivity contribution in [3.05, 3.63) is 75.9 Å². The van der Waals surface area contributed by atoms with Gasteiger partial charge in [0.05, 0.1) is 5.52 Å². The van der Waals surface area contributed by atoms with Crippen LogP contribution in [0.2, 0.25) is 0 Å². The number of halogens is 3. The van der Waals surface area contributed by atoms with Crippen LogP contribution in [0.5, 0.6) is 0 Å². The number of benzene rings is 2. The molecule has 1 heterocycles. The molecule has 0 aliphatic carbocycles. The van der Waals surface area contributed by atoms with Crippen molar-refractivity contribution in [3.63, 3.8) is 0 Å². The Kier molecular flexibility index (Phi) is 5.63. The van der Waals surface area contributed by atoms with Crippen LogP contribution in [0.3, 0.4) is 0 Å². The summed E-state index contributed by atoms with van der Waals surface area (Å²) >= 11 is 2.91. The highest BCUT2D eigenvalue weighted by molar-refractivity contribution is 9.10. The smallest absolute Gasteiger partial charge is 0.347 e. The largest absolute Gasteiger partial charge is 0.399 e. The second kappa shape index (κ2) is 7.67. The second-order valence-corrected chi connectivity index (χ2v) is 8.48. The van der Waals surface area contributed by atoms with E-state index >= 15 is 0 Å². The van der Waals surface area contributed by atoms with E-state index in [0.717, 1.165) is 11.6 Å². The Balaban J connectivity index is 1.93. The summed E-state index contributed by atoms with van der Waals surface area (Å²) in [5.74, 6) is -0.503. The number of rotatable bonds is 5. The summed E-state index contributed by atoms with van der Waals surface area (Å²) in [6.07, 6.45) is 0. The van der Waals surface area contributed by atoms with Crippen LogP contribution >= 0.6 is 23.5 Å². The molecular weight excluding hydrogens is 457 g/mol. The molecule has 28 heavy (non-hydrogen) atoms. The fourth-order valence-electron chi connectivity index (χ4n) is 2.53. The number of pyridine rings is 1. The summed E-state index contributed by atoms with van der Waals surface area (Å²) in [6.45, 7) is 0.265. The maximum Gasteiger partial charge on any atom is 0.399 e. The zero-order valence-electron chi connectivity index (χ0n) is 14.1. The molecule has 0 spiro atoms. The summed E-state index contributed by atoms with van der Waals surface area (Å²) in [5.41, 5.74) is -4.41. The van der Waals surface area contributed by atoms with Gasteiger partial charge in [-0.3, -0.25) is 9.36 Å². The van der Waals surface area contributed by atoms with E-state index in [0.29, 0.717) is 5.39 Å². The van der Waals surface area contributed by atoms with Gasteiger partial charge in [-0.1, -0.05) is 52.3 Å². The molecule has 3 aromatic rings. The van der Waals surface area contributed by atoms with Crippen molar-refractivity contribution in [1.29, 1.82) is 0 Å². The molecule has 3 rings (SSSR count). The summed E-state index contributed by atoms with van der Waals surface area (Å²) in [4.78, 5) is 34.3. The van der Waals surface area contributed by atoms with Crippen LogP contribution in [0.25, 0.3) is 10.9 Å². The minimum atomic E-state index is -5.74. The lowest BCUT2D eigenvalue weighted by molar-refractivity contribution is 0.0558.